The second kappa shape index (κ2) is 5.69. The molecule has 0 aliphatic rings. The summed E-state index contributed by atoms with van der Waals surface area (Å²) in [7, 11) is 1.63. The average Bonchev–Trinajstić information content (AvgIpc) is 2.43. The third kappa shape index (κ3) is 2.84. The van der Waals surface area contributed by atoms with E-state index in [0.29, 0.717) is 5.56 Å². The Morgan fingerprint density at radius 2 is 1.95 bits per heavy atom. The van der Waals surface area contributed by atoms with E-state index in [0.717, 1.165) is 35.7 Å². The number of benzene rings is 1. The summed E-state index contributed by atoms with van der Waals surface area (Å²) in [4.78, 5) is 19.3. The largest absolute Gasteiger partial charge is 0.497 e. The molecule has 0 atom stereocenters. The van der Waals surface area contributed by atoms with Crippen LogP contribution in [0.15, 0.2) is 29.1 Å². The quantitative estimate of drug-likeness (QED) is 0.917. The van der Waals surface area contributed by atoms with Crippen LogP contribution in [0.3, 0.4) is 0 Å². The summed E-state index contributed by atoms with van der Waals surface area (Å²) < 4.78 is 5.13. The highest BCUT2D eigenvalue weighted by molar-refractivity contribution is 5.63. The predicted octanol–water partition coefficient (Wildman–Crippen LogP) is 2.71. The molecule has 0 unspecified atom stereocenters. The van der Waals surface area contributed by atoms with E-state index in [1.165, 1.54) is 0 Å². The van der Waals surface area contributed by atoms with Crippen molar-refractivity contribution in [3.8, 4) is 17.0 Å². The highest BCUT2D eigenvalue weighted by Crippen LogP contribution is 2.22. The van der Waals surface area contributed by atoms with E-state index in [-0.39, 0.29) is 5.56 Å². The summed E-state index contributed by atoms with van der Waals surface area (Å²) in [6, 6.07) is 7.58. The molecule has 0 saturated heterocycles. The van der Waals surface area contributed by atoms with E-state index in [1.54, 1.807) is 14.0 Å². The van der Waals surface area contributed by atoms with Gasteiger partial charge in [0.25, 0.3) is 5.56 Å². The van der Waals surface area contributed by atoms with Crippen molar-refractivity contribution in [2.45, 2.75) is 26.7 Å². The molecule has 1 aromatic heterocycles. The number of methoxy groups -OCH3 is 1. The molecule has 1 heterocycles. The number of hydrogen-bond donors (Lipinski definition) is 1. The lowest BCUT2D eigenvalue weighted by molar-refractivity contribution is 0.415. The van der Waals surface area contributed by atoms with Crippen LogP contribution in [0, 0.1) is 6.92 Å². The van der Waals surface area contributed by atoms with Crippen LogP contribution in [0.25, 0.3) is 11.3 Å². The zero-order valence-corrected chi connectivity index (χ0v) is 11.5. The van der Waals surface area contributed by atoms with E-state index in [2.05, 4.69) is 16.9 Å². The number of rotatable bonds is 4. The first kappa shape index (κ1) is 13.3. The standard InChI is InChI=1S/C15H18N2O2/c1-4-5-13-16-14(10(2)15(18)17-13)11-6-8-12(19-3)9-7-11/h6-9H,4-5H2,1-3H3,(H,16,17,18). The summed E-state index contributed by atoms with van der Waals surface area (Å²) in [6.45, 7) is 3.86. The van der Waals surface area contributed by atoms with Gasteiger partial charge in [-0.2, -0.15) is 0 Å². The Balaban J connectivity index is 2.50. The van der Waals surface area contributed by atoms with Crippen LogP contribution in [-0.2, 0) is 6.42 Å². The molecule has 4 heteroatoms. The highest BCUT2D eigenvalue weighted by atomic mass is 16.5. The molecule has 0 amide bonds. The Bertz CT molecular complexity index is 615. The zero-order chi connectivity index (χ0) is 13.8. The van der Waals surface area contributed by atoms with Crippen LogP contribution < -0.4 is 10.3 Å². The second-order valence-electron chi connectivity index (χ2n) is 4.46. The van der Waals surface area contributed by atoms with E-state index in [1.807, 2.05) is 24.3 Å². The zero-order valence-electron chi connectivity index (χ0n) is 11.5. The Hall–Kier alpha value is -2.10. The molecule has 2 rings (SSSR count). The third-order valence-corrected chi connectivity index (χ3v) is 3.05. The van der Waals surface area contributed by atoms with E-state index >= 15 is 0 Å². The van der Waals surface area contributed by atoms with Gasteiger partial charge in [0.1, 0.15) is 11.6 Å². The molecule has 2 aromatic rings. The molecular formula is C15H18N2O2. The van der Waals surface area contributed by atoms with Crippen LogP contribution in [0.1, 0.15) is 24.7 Å². The lowest BCUT2D eigenvalue weighted by Crippen LogP contribution is -2.16. The molecule has 0 saturated carbocycles. The fourth-order valence-electron chi connectivity index (χ4n) is 1.96. The van der Waals surface area contributed by atoms with E-state index < -0.39 is 0 Å². The number of H-pyrrole nitrogens is 1. The third-order valence-electron chi connectivity index (χ3n) is 3.05. The predicted molar refractivity (Wildman–Crippen MR) is 75.6 cm³/mol. The number of aryl methyl sites for hydroxylation is 1. The van der Waals surface area contributed by atoms with E-state index in [9.17, 15) is 4.79 Å². The van der Waals surface area contributed by atoms with Crippen molar-refractivity contribution in [1.29, 1.82) is 0 Å². The maximum Gasteiger partial charge on any atom is 0.254 e. The molecular weight excluding hydrogens is 240 g/mol. The highest BCUT2D eigenvalue weighted by Gasteiger charge is 2.09. The van der Waals surface area contributed by atoms with Crippen molar-refractivity contribution in [3.05, 3.63) is 46.0 Å². The Kier molecular flexibility index (Phi) is 4.00. The van der Waals surface area contributed by atoms with Gasteiger partial charge in [-0.15, -0.1) is 0 Å². The fourth-order valence-corrected chi connectivity index (χ4v) is 1.96. The Morgan fingerprint density at radius 3 is 2.53 bits per heavy atom. The summed E-state index contributed by atoms with van der Waals surface area (Å²) >= 11 is 0. The molecule has 0 aliphatic carbocycles. The van der Waals surface area contributed by atoms with Crippen LogP contribution in [0.2, 0.25) is 0 Å². The van der Waals surface area contributed by atoms with Gasteiger partial charge in [0.2, 0.25) is 0 Å². The number of aromatic nitrogens is 2. The summed E-state index contributed by atoms with van der Waals surface area (Å²) in [5.41, 5.74) is 2.26. The minimum atomic E-state index is -0.0655. The summed E-state index contributed by atoms with van der Waals surface area (Å²) in [6.07, 6.45) is 1.73. The number of ether oxygens (including phenoxy) is 1. The molecule has 1 aromatic carbocycles. The summed E-state index contributed by atoms with van der Waals surface area (Å²) in [5.74, 6) is 1.53. The van der Waals surface area contributed by atoms with Crippen molar-refractivity contribution in [1.82, 2.24) is 9.97 Å². The molecule has 0 spiro atoms. The van der Waals surface area contributed by atoms with Crippen molar-refractivity contribution >= 4 is 0 Å². The van der Waals surface area contributed by atoms with Crippen molar-refractivity contribution in [2.24, 2.45) is 0 Å². The monoisotopic (exact) mass is 258 g/mol. The minimum Gasteiger partial charge on any atom is -0.497 e. The molecule has 0 bridgehead atoms. The fraction of sp³-hybridized carbons (Fsp3) is 0.333. The maximum absolute atomic E-state index is 11.9. The van der Waals surface area contributed by atoms with Crippen LogP contribution in [0.4, 0.5) is 0 Å². The normalized spacial score (nSPS) is 10.5. The van der Waals surface area contributed by atoms with Gasteiger partial charge in [0, 0.05) is 17.5 Å². The van der Waals surface area contributed by atoms with Gasteiger partial charge in [-0.25, -0.2) is 4.98 Å². The number of nitrogens with one attached hydrogen (secondary N) is 1. The van der Waals surface area contributed by atoms with Gasteiger partial charge < -0.3 is 9.72 Å². The minimum absolute atomic E-state index is 0.0655. The van der Waals surface area contributed by atoms with Crippen LogP contribution >= 0.6 is 0 Å². The lowest BCUT2D eigenvalue weighted by Gasteiger charge is -2.08. The first-order valence-electron chi connectivity index (χ1n) is 6.40. The van der Waals surface area contributed by atoms with Crippen molar-refractivity contribution < 1.29 is 4.74 Å². The van der Waals surface area contributed by atoms with Crippen LogP contribution in [-0.4, -0.2) is 17.1 Å². The molecule has 0 fully saturated rings. The van der Waals surface area contributed by atoms with Gasteiger partial charge >= 0.3 is 0 Å². The average molecular weight is 258 g/mol. The van der Waals surface area contributed by atoms with Gasteiger partial charge in [0.15, 0.2) is 0 Å². The Morgan fingerprint density at radius 1 is 1.26 bits per heavy atom. The second-order valence-corrected chi connectivity index (χ2v) is 4.46. The number of nitrogens with zero attached hydrogens (tertiary/aromatic N) is 1. The van der Waals surface area contributed by atoms with Gasteiger partial charge in [-0.05, 0) is 37.6 Å². The van der Waals surface area contributed by atoms with Gasteiger partial charge in [-0.3, -0.25) is 4.79 Å². The SMILES string of the molecule is CCCc1nc(-c2ccc(OC)cc2)c(C)c(=O)[nH]1. The van der Waals surface area contributed by atoms with Crippen molar-refractivity contribution in [2.75, 3.05) is 7.11 Å². The first-order chi connectivity index (χ1) is 9.15. The molecule has 0 radical (unpaired) electrons. The smallest absolute Gasteiger partial charge is 0.254 e. The number of hydrogen-bond acceptors (Lipinski definition) is 3. The van der Waals surface area contributed by atoms with Crippen molar-refractivity contribution in [3.63, 3.8) is 0 Å². The topological polar surface area (TPSA) is 55.0 Å². The van der Waals surface area contributed by atoms with Gasteiger partial charge in [-0.1, -0.05) is 6.92 Å². The van der Waals surface area contributed by atoms with Gasteiger partial charge in [0.05, 0.1) is 12.8 Å². The Labute approximate surface area is 112 Å². The van der Waals surface area contributed by atoms with Crippen LogP contribution in [0.5, 0.6) is 5.75 Å². The maximum atomic E-state index is 11.9. The van der Waals surface area contributed by atoms with E-state index in [4.69, 9.17) is 4.74 Å². The molecule has 0 aliphatic heterocycles. The molecule has 4 nitrogen and oxygen atoms in total. The number of aromatic amines is 1. The molecule has 100 valence electrons. The first-order valence-corrected chi connectivity index (χ1v) is 6.40. The summed E-state index contributed by atoms with van der Waals surface area (Å²) in [5, 5.41) is 0. The lowest BCUT2D eigenvalue weighted by atomic mass is 10.1. The molecule has 19 heavy (non-hydrogen) atoms. The molecule has 1 N–H and O–H groups in total.